The number of nitrogens with zero attached hydrogens (tertiary/aromatic N) is 3. The predicted molar refractivity (Wildman–Crippen MR) is 131 cm³/mol. The second kappa shape index (κ2) is 8.33. The number of aromatic nitrogens is 2. The summed E-state index contributed by atoms with van der Waals surface area (Å²) in [7, 11) is 0. The summed E-state index contributed by atoms with van der Waals surface area (Å²) >= 11 is 1.56. The van der Waals surface area contributed by atoms with E-state index in [9.17, 15) is 4.79 Å². The first kappa shape index (κ1) is 21.2. The quantitative estimate of drug-likeness (QED) is 0.384. The summed E-state index contributed by atoms with van der Waals surface area (Å²) in [6.45, 7) is 8.03. The van der Waals surface area contributed by atoms with Crippen LogP contribution in [0.5, 0.6) is 0 Å². The standard InChI is InChI=1S/C26H24N4O2S/c1-15-7-9-19(10-8-15)23-22(25-28-24(29-32-25)21-6-5-11-33-21)18(4)30(26(31)27-23)20-13-16(2)12-17(3)14-20/h5-14,23H,1-4H3,(H,27,31). The first-order valence-corrected chi connectivity index (χ1v) is 11.6. The fourth-order valence-corrected chi connectivity index (χ4v) is 4.91. The van der Waals surface area contributed by atoms with Crippen molar-refractivity contribution >= 4 is 28.6 Å². The number of carbonyl (C=O) groups is 1. The number of amides is 2. The average Bonchev–Trinajstić information content (AvgIpc) is 3.45. The second-order valence-electron chi connectivity index (χ2n) is 8.37. The maximum Gasteiger partial charge on any atom is 0.326 e. The molecule has 0 spiro atoms. The van der Waals surface area contributed by atoms with E-state index < -0.39 is 6.04 Å². The molecular formula is C26H24N4O2S. The summed E-state index contributed by atoms with van der Waals surface area (Å²) in [6, 6.07) is 17.5. The van der Waals surface area contributed by atoms with Gasteiger partial charge in [0.05, 0.1) is 22.2 Å². The van der Waals surface area contributed by atoms with Gasteiger partial charge in [-0.1, -0.05) is 47.1 Å². The molecule has 2 aromatic carbocycles. The molecule has 0 bridgehead atoms. The Balaban J connectivity index is 1.68. The maximum atomic E-state index is 13.4. The molecule has 6 nitrogen and oxygen atoms in total. The van der Waals surface area contributed by atoms with Crippen LogP contribution in [-0.4, -0.2) is 16.2 Å². The van der Waals surface area contributed by atoms with Crippen LogP contribution in [0.15, 0.2) is 70.2 Å². The molecule has 1 atom stereocenters. The first-order chi connectivity index (χ1) is 15.9. The second-order valence-corrected chi connectivity index (χ2v) is 9.32. The minimum absolute atomic E-state index is 0.190. The Bertz CT molecular complexity index is 1330. The Labute approximate surface area is 196 Å². The van der Waals surface area contributed by atoms with Crippen LogP contribution in [0, 0.1) is 20.8 Å². The third kappa shape index (κ3) is 3.96. The molecule has 1 unspecified atom stereocenters. The van der Waals surface area contributed by atoms with Crippen LogP contribution in [-0.2, 0) is 0 Å². The van der Waals surface area contributed by atoms with E-state index in [2.05, 4.69) is 16.5 Å². The van der Waals surface area contributed by atoms with Gasteiger partial charge in [-0.2, -0.15) is 4.98 Å². The number of benzene rings is 2. The zero-order valence-electron chi connectivity index (χ0n) is 18.9. The minimum Gasteiger partial charge on any atom is -0.334 e. The SMILES string of the molecule is CC1=C(c2nc(-c3cccs3)no2)C(c2ccc(C)cc2)NC(=O)N1c1cc(C)cc(C)c1. The van der Waals surface area contributed by atoms with Crippen molar-refractivity contribution in [2.45, 2.75) is 33.7 Å². The molecule has 2 amide bonds. The molecule has 0 radical (unpaired) electrons. The zero-order valence-corrected chi connectivity index (χ0v) is 19.7. The molecule has 1 N–H and O–H groups in total. The lowest BCUT2D eigenvalue weighted by Crippen LogP contribution is -2.46. The van der Waals surface area contributed by atoms with E-state index in [1.165, 1.54) is 0 Å². The van der Waals surface area contributed by atoms with Crippen molar-refractivity contribution in [1.82, 2.24) is 15.5 Å². The van der Waals surface area contributed by atoms with E-state index in [0.717, 1.165) is 44.1 Å². The Morgan fingerprint density at radius 2 is 1.70 bits per heavy atom. The van der Waals surface area contributed by atoms with E-state index >= 15 is 0 Å². The van der Waals surface area contributed by atoms with E-state index in [0.29, 0.717) is 11.7 Å². The highest BCUT2D eigenvalue weighted by molar-refractivity contribution is 7.13. The Hall–Kier alpha value is -3.71. The lowest BCUT2D eigenvalue weighted by atomic mass is 9.93. The average molecular weight is 457 g/mol. The molecule has 1 aliphatic rings. The lowest BCUT2D eigenvalue weighted by Gasteiger charge is -2.35. The smallest absolute Gasteiger partial charge is 0.326 e. The Kier molecular flexibility index (Phi) is 5.34. The fraction of sp³-hybridized carbons (Fsp3) is 0.192. The van der Waals surface area contributed by atoms with Crippen LogP contribution in [0.1, 0.15) is 41.1 Å². The van der Waals surface area contributed by atoms with Crippen molar-refractivity contribution in [1.29, 1.82) is 0 Å². The predicted octanol–water partition coefficient (Wildman–Crippen LogP) is 6.43. The van der Waals surface area contributed by atoms with Gasteiger partial charge in [-0.05, 0) is 68.0 Å². The normalized spacial score (nSPS) is 16.3. The summed E-state index contributed by atoms with van der Waals surface area (Å²) in [6.07, 6.45) is 0. The van der Waals surface area contributed by atoms with Crippen LogP contribution in [0.3, 0.4) is 0 Å². The zero-order chi connectivity index (χ0) is 23.1. The van der Waals surface area contributed by atoms with E-state index in [-0.39, 0.29) is 6.03 Å². The summed E-state index contributed by atoms with van der Waals surface area (Å²) < 4.78 is 5.75. The largest absolute Gasteiger partial charge is 0.334 e. The highest BCUT2D eigenvalue weighted by Gasteiger charge is 2.36. The molecule has 5 rings (SSSR count). The number of carbonyl (C=O) groups excluding carboxylic acids is 1. The Morgan fingerprint density at radius 3 is 2.36 bits per heavy atom. The van der Waals surface area contributed by atoms with E-state index in [4.69, 9.17) is 9.51 Å². The van der Waals surface area contributed by atoms with Gasteiger partial charge in [0, 0.05) is 5.70 Å². The number of aryl methyl sites for hydroxylation is 3. The maximum absolute atomic E-state index is 13.4. The highest BCUT2D eigenvalue weighted by Crippen LogP contribution is 2.39. The van der Waals surface area contributed by atoms with Crippen molar-refractivity contribution < 1.29 is 9.32 Å². The summed E-state index contributed by atoms with van der Waals surface area (Å²) in [4.78, 5) is 20.7. The Morgan fingerprint density at radius 1 is 0.970 bits per heavy atom. The van der Waals surface area contributed by atoms with Crippen LogP contribution in [0.25, 0.3) is 16.3 Å². The number of hydrogen-bond donors (Lipinski definition) is 1. The van der Waals surface area contributed by atoms with E-state index in [1.807, 2.05) is 81.6 Å². The molecule has 33 heavy (non-hydrogen) atoms. The molecule has 1 aliphatic heterocycles. The first-order valence-electron chi connectivity index (χ1n) is 10.7. The summed E-state index contributed by atoms with van der Waals surface area (Å²) in [5.74, 6) is 0.939. The van der Waals surface area contributed by atoms with Crippen LogP contribution in [0.4, 0.5) is 10.5 Å². The van der Waals surface area contributed by atoms with Crippen molar-refractivity contribution in [2.24, 2.45) is 0 Å². The van der Waals surface area contributed by atoms with Gasteiger partial charge in [-0.25, -0.2) is 4.79 Å². The third-order valence-electron chi connectivity index (χ3n) is 5.76. The summed E-state index contributed by atoms with van der Waals surface area (Å²) in [5.41, 5.74) is 6.64. The fourth-order valence-electron chi connectivity index (χ4n) is 4.26. The number of hydrogen-bond acceptors (Lipinski definition) is 5. The van der Waals surface area contributed by atoms with Gasteiger partial charge >= 0.3 is 6.03 Å². The molecule has 0 aliphatic carbocycles. The molecule has 166 valence electrons. The van der Waals surface area contributed by atoms with Gasteiger partial charge in [-0.15, -0.1) is 11.3 Å². The molecule has 0 fully saturated rings. The minimum atomic E-state index is -0.406. The van der Waals surface area contributed by atoms with Gasteiger partial charge in [0.25, 0.3) is 5.89 Å². The molecule has 7 heteroatoms. The van der Waals surface area contributed by atoms with Crippen molar-refractivity contribution in [3.8, 4) is 10.7 Å². The van der Waals surface area contributed by atoms with Crippen LogP contribution < -0.4 is 10.2 Å². The van der Waals surface area contributed by atoms with Crippen molar-refractivity contribution in [3.63, 3.8) is 0 Å². The molecule has 0 saturated carbocycles. The lowest BCUT2D eigenvalue weighted by molar-refractivity contribution is 0.244. The molecule has 2 aromatic heterocycles. The van der Waals surface area contributed by atoms with Crippen LogP contribution in [0.2, 0.25) is 0 Å². The molecule has 3 heterocycles. The van der Waals surface area contributed by atoms with Crippen molar-refractivity contribution in [3.05, 3.63) is 93.8 Å². The summed E-state index contributed by atoms with van der Waals surface area (Å²) in [5, 5.41) is 9.36. The molecule has 4 aromatic rings. The number of thiophene rings is 1. The van der Waals surface area contributed by atoms with Gasteiger partial charge in [0.2, 0.25) is 5.82 Å². The van der Waals surface area contributed by atoms with Crippen molar-refractivity contribution in [2.75, 3.05) is 4.90 Å². The number of rotatable bonds is 4. The molecular weight excluding hydrogens is 432 g/mol. The van der Waals surface area contributed by atoms with Gasteiger partial charge < -0.3 is 9.84 Å². The highest BCUT2D eigenvalue weighted by atomic mass is 32.1. The number of nitrogens with one attached hydrogen (secondary N) is 1. The molecule has 0 saturated heterocycles. The topological polar surface area (TPSA) is 71.3 Å². The number of anilines is 1. The van der Waals surface area contributed by atoms with Gasteiger partial charge in [0.1, 0.15) is 0 Å². The van der Waals surface area contributed by atoms with E-state index in [1.54, 1.807) is 16.2 Å². The number of allylic oxidation sites excluding steroid dienone is 1. The van der Waals surface area contributed by atoms with Crippen LogP contribution >= 0.6 is 11.3 Å². The third-order valence-corrected chi connectivity index (χ3v) is 6.62. The number of urea groups is 1. The monoisotopic (exact) mass is 456 g/mol. The van der Waals surface area contributed by atoms with Gasteiger partial charge in [0.15, 0.2) is 0 Å². The van der Waals surface area contributed by atoms with Gasteiger partial charge in [-0.3, -0.25) is 4.90 Å².